The van der Waals surface area contributed by atoms with Gasteiger partial charge in [-0.25, -0.2) is 0 Å². The summed E-state index contributed by atoms with van der Waals surface area (Å²) < 4.78 is 40.5. The molecule has 1 aromatic heterocycles. The van der Waals surface area contributed by atoms with Crippen molar-refractivity contribution in [3.05, 3.63) is 86.2 Å². The lowest BCUT2D eigenvalue weighted by Crippen LogP contribution is -2.43. The zero-order valence-corrected chi connectivity index (χ0v) is 20.7. The van der Waals surface area contributed by atoms with Gasteiger partial charge in [-0.15, -0.1) is 0 Å². The van der Waals surface area contributed by atoms with E-state index in [-0.39, 0.29) is 23.4 Å². The van der Waals surface area contributed by atoms with Gasteiger partial charge in [-0.1, -0.05) is 35.3 Å². The van der Waals surface area contributed by atoms with Crippen LogP contribution in [0.15, 0.2) is 42.5 Å². The van der Waals surface area contributed by atoms with Gasteiger partial charge in [0.15, 0.2) is 0 Å². The van der Waals surface area contributed by atoms with Crippen LogP contribution in [0.25, 0.3) is 0 Å². The molecule has 36 heavy (non-hydrogen) atoms. The number of amides is 2. The number of alkyl halides is 3. The number of halogens is 5. The van der Waals surface area contributed by atoms with Gasteiger partial charge in [-0.3, -0.25) is 14.3 Å². The van der Waals surface area contributed by atoms with Gasteiger partial charge in [-0.2, -0.15) is 18.3 Å². The molecule has 2 aliphatic rings. The average Bonchev–Trinajstić information content (AvgIpc) is 3.23. The number of hydrogen-bond acceptors (Lipinski definition) is 3. The predicted octanol–water partition coefficient (Wildman–Crippen LogP) is 5.62. The first-order valence-electron chi connectivity index (χ1n) is 11.4. The number of nitrogens with zero attached hydrogens (tertiary/aromatic N) is 4. The standard InChI is InChI=1S/C25H21Cl2F3N4O2/c1-14(15-2-5-17(6-3-15)25(28,29)30)33-10-11-34-22(24(33)36)18-13-32(9-8-21(18)31-34)23(35)16-4-7-19(26)20(27)12-16/h2-7,12,14H,8-11,13H2,1H3. The van der Waals surface area contributed by atoms with Gasteiger partial charge in [0.25, 0.3) is 11.8 Å². The quantitative estimate of drug-likeness (QED) is 0.436. The molecule has 0 saturated heterocycles. The van der Waals surface area contributed by atoms with E-state index in [1.807, 2.05) is 0 Å². The monoisotopic (exact) mass is 536 g/mol. The van der Waals surface area contributed by atoms with Crippen molar-refractivity contribution in [3.63, 3.8) is 0 Å². The highest BCUT2D eigenvalue weighted by Crippen LogP contribution is 2.33. The second-order valence-corrected chi connectivity index (χ2v) is 9.71. The second kappa shape index (κ2) is 9.12. The Balaban J connectivity index is 1.39. The summed E-state index contributed by atoms with van der Waals surface area (Å²) in [5.74, 6) is -0.483. The second-order valence-electron chi connectivity index (χ2n) is 8.90. The van der Waals surface area contributed by atoms with Gasteiger partial charge in [0.05, 0.1) is 40.4 Å². The summed E-state index contributed by atoms with van der Waals surface area (Å²) in [7, 11) is 0. The van der Waals surface area contributed by atoms with Crippen molar-refractivity contribution < 1.29 is 22.8 Å². The predicted molar refractivity (Wildman–Crippen MR) is 128 cm³/mol. The minimum atomic E-state index is -4.42. The zero-order valence-electron chi connectivity index (χ0n) is 19.1. The molecule has 2 aromatic carbocycles. The summed E-state index contributed by atoms with van der Waals surface area (Å²) >= 11 is 12.0. The van der Waals surface area contributed by atoms with E-state index in [4.69, 9.17) is 23.2 Å². The highest BCUT2D eigenvalue weighted by molar-refractivity contribution is 6.42. The van der Waals surface area contributed by atoms with E-state index in [1.54, 1.807) is 33.5 Å². The summed E-state index contributed by atoms with van der Waals surface area (Å²) in [6.07, 6.45) is -3.92. The molecule has 0 saturated carbocycles. The number of benzene rings is 2. The fraction of sp³-hybridized carbons (Fsp3) is 0.320. The number of carbonyl (C=O) groups excluding carboxylic acids is 2. The van der Waals surface area contributed by atoms with Crippen LogP contribution in [0.3, 0.4) is 0 Å². The third kappa shape index (κ3) is 4.35. The Morgan fingerprint density at radius 3 is 2.42 bits per heavy atom. The number of fused-ring (bicyclic) bond motifs is 3. The van der Waals surface area contributed by atoms with Crippen LogP contribution in [0.2, 0.25) is 10.0 Å². The highest BCUT2D eigenvalue weighted by atomic mass is 35.5. The molecular formula is C25H21Cl2F3N4O2. The molecule has 0 aliphatic carbocycles. The van der Waals surface area contributed by atoms with Crippen molar-refractivity contribution in [1.29, 1.82) is 0 Å². The van der Waals surface area contributed by atoms with Gasteiger partial charge in [0, 0.05) is 30.6 Å². The van der Waals surface area contributed by atoms with Crippen molar-refractivity contribution in [2.24, 2.45) is 0 Å². The topological polar surface area (TPSA) is 58.4 Å². The van der Waals surface area contributed by atoms with Crippen LogP contribution < -0.4 is 0 Å². The highest BCUT2D eigenvalue weighted by Gasteiger charge is 2.37. The van der Waals surface area contributed by atoms with E-state index in [9.17, 15) is 22.8 Å². The number of carbonyl (C=O) groups is 2. The van der Waals surface area contributed by atoms with Crippen LogP contribution in [0.1, 0.15) is 56.2 Å². The largest absolute Gasteiger partial charge is 0.416 e. The lowest BCUT2D eigenvalue weighted by Gasteiger charge is -2.34. The maximum atomic E-state index is 13.6. The van der Waals surface area contributed by atoms with Crippen LogP contribution in [-0.4, -0.2) is 44.5 Å². The third-order valence-electron chi connectivity index (χ3n) is 6.76. The molecule has 1 atom stereocenters. The van der Waals surface area contributed by atoms with Crippen LogP contribution in [0.5, 0.6) is 0 Å². The number of aromatic nitrogens is 2. The molecule has 11 heteroatoms. The molecular weight excluding hydrogens is 516 g/mol. The molecule has 5 rings (SSSR count). The van der Waals surface area contributed by atoms with Crippen molar-refractivity contribution in [3.8, 4) is 0 Å². The molecule has 0 fully saturated rings. The van der Waals surface area contributed by atoms with Crippen LogP contribution in [0, 0.1) is 0 Å². The minimum absolute atomic E-state index is 0.220. The van der Waals surface area contributed by atoms with Crippen molar-refractivity contribution in [1.82, 2.24) is 19.6 Å². The minimum Gasteiger partial charge on any atom is -0.334 e. The first-order chi connectivity index (χ1) is 17.0. The first kappa shape index (κ1) is 24.6. The molecule has 6 nitrogen and oxygen atoms in total. The van der Waals surface area contributed by atoms with E-state index in [0.717, 1.165) is 17.8 Å². The van der Waals surface area contributed by atoms with E-state index in [0.29, 0.717) is 53.5 Å². The van der Waals surface area contributed by atoms with Gasteiger partial charge >= 0.3 is 6.18 Å². The Kier molecular flexibility index (Phi) is 6.24. The van der Waals surface area contributed by atoms with Crippen LogP contribution >= 0.6 is 23.2 Å². The average molecular weight is 537 g/mol. The summed E-state index contributed by atoms with van der Waals surface area (Å²) in [5, 5.41) is 5.24. The molecule has 2 amide bonds. The molecule has 3 aromatic rings. The molecule has 3 heterocycles. The van der Waals surface area contributed by atoms with E-state index in [2.05, 4.69) is 5.10 Å². The lowest BCUT2D eigenvalue weighted by atomic mass is 10.0. The SMILES string of the molecule is CC(c1ccc(C(F)(F)F)cc1)N1CCn2nc3c(c2C1=O)CN(C(=O)c1ccc(Cl)c(Cl)c1)CC3. The molecule has 188 valence electrons. The van der Waals surface area contributed by atoms with Crippen molar-refractivity contribution in [2.75, 3.05) is 13.1 Å². The van der Waals surface area contributed by atoms with Gasteiger partial charge in [-0.05, 0) is 42.8 Å². The van der Waals surface area contributed by atoms with E-state index in [1.165, 1.54) is 18.2 Å². The number of rotatable bonds is 3. The smallest absolute Gasteiger partial charge is 0.334 e. The molecule has 0 radical (unpaired) electrons. The summed E-state index contributed by atoms with van der Waals surface area (Å²) in [6, 6.07) is 9.12. The Bertz CT molecular complexity index is 1350. The Morgan fingerprint density at radius 1 is 1.03 bits per heavy atom. The van der Waals surface area contributed by atoms with E-state index >= 15 is 0 Å². The third-order valence-corrected chi connectivity index (χ3v) is 7.50. The van der Waals surface area contributed by atoms with E-state index < -0.39 is 17.8 Å². The number of hydrogen-bond donors (Lipinski definition) is 0. The van der Waals surface area contributed by atoms with Crippen LogP contribution in [0.4, 0.5) is 13.2 Å². The molecule has 2 aliphatic heterocycles. The molecule has 0 bridgehead atoms. The summed E-state index contributed by atoms with van der Waals surface area (Å²) in [4.78, 5) is 30.0. The fourth-order valence-corrected chi connectivity index (χ4v) is 5.05. The maximum absolute atomic E-state index is 13.6. The summed E-state index contributed by atoms with van der Waals surface area (Å²) in [6.45, 7) is 3.29. The first-order valence-corrected chi connectivity index (χ1v) is 12.1. The Morgan fingerprint density at radius 2 is 1.75 bits per heavy atom. The van der Waals surface area contributed by atoms with Crippen molar-refractivity contribution in [2.45, 2.75) is 38.7 Å². The molecule has 1 unspecified atom stereocenters. The van der Waals surface area contributed by atoms with Crippen molar-refractivity contribution >= 4 is 35.0 Å². The Labute approximate surface area is 215 Å². The zero-order chi connectivity index (χ0) is 25.8. The lowest BCUT2D eigenvalue weighted by molar-refractivity contribution is -0.137. The van der Waals surface area contributed by atoms with Gasteiger partial charge in [0.2, 0.25) is 0 Å². The van der Waals surface area contributed by atoms with Gasteiger partial charge < -0.3 is 9.80 Å². The Hall–Kier alpha value is -3.04. The normalized spacial score (nSPS) is 16.6. The maximum Gasteiger partial charge on any atom is 0.416 e. The fourth-order valence-electron chi connectivity index (χ4n) is 4.75. The van der Waals surface area contributed by atoms with Gasteiger partial charge in [0.1, 0.15) is 5.69 Å². The molecule has 0 N–H and O–H groups in total. The van der Waals surface area contributed by atoms with Crippen LogP contribution in [-0.2, 0) is 25.7 Å². The molecule has 0 spiro atoms. The summed E-state index contributed by atoms with van der Waals surface area (Å²) in [5.41, 5.74) is 2.17.